The molecule has 1 aromatic rings. The normalized spacial score (nSPS) is 10.7. The number of hydrogen-bond donors (Lipinski definition) is 0. The second-order valence-electron chi connectivity index (χ2n) is 2.53. The van der Waals surface area contributed by atoms with Crippen LogP contribution < -0.4 is 0 Å². The zero-order chi connectivity index (χ0) is 10.8. The molecule has 0 amide bonds. The minimum atomic E-state index is -2.16. The molecule has 72 valence electrons. The van der Waals surface area contributed by atoms with Gasteiger partial charge in [-0.25, -0.2) is 4.39 Å². The Balaban J connectivity index is 3.09. The summed E-state index contributed by atoms with van der Waals surface area (Å²) in [4.78, 5) is 11.4. The average Bonchev–Trinajstić information content (AvgIpc) is 2.16. The molecule has 0 saturated carbocycles. The quantitative estimate of drug-likeness (QED) is 0.580. The monoisotopic (exact) mass is 231 g/mol. The number of nitriles is 1. The summed E-state index contributed by atoms with van der Waals surface area (Å²) >= 11 is 10.8. The number of benzene rings is 1. The Bertz CT molecular complexity index is 412. The topological polar surface area (TPSA) is 40.9 Å². The second kappa shape index (κ2) is 3.95. The van der Waals surface area contributed by atoms with E-state index in [-0.39, 0.29) is 5.56 Å². The molecule has 14 heavy (non-hydrogen) atoms. The highest BCUT2D eigenvalue weighted by atomic mass is 35.5. The van der Waals surface area contributed by atoms with Gasteiger partial charge in [-0.05, 0) is 12.1 Å². The minimum Gasteiger partial charge on any atom is -0.290 e. The first-order valence-corrected chi connectivity index (χ1v) is 4.32. The average molecular weight is 232 g/mol. The number of nitrogens with zero attached hydrogens (tertiary/aromatic N) is 1. The molecule has 0 unspecified atom stereocenters. The van der Waals surface area contributed by atoms with Crippen molar-refractivity contribution in [1.29, 1.82) is 5.26 Å². The first-order valence-electron chi connectivity index (χ1n) is 3.57. The summed E-state index contributed by atoms with van der Waals surface area (Å²) in [6.07, 6.45) is 0. The number of ketones is 1. The van der Waals surface area contributed by atoms with Gasteiger partial charge in [0.15, 0.2) is 0 Å². The molecule has 0 atom stereocenters. The molecule has 2 nitrogen and oxygen atoms in total. The molecule has 0 aliphatic carbocycles. The third-order valence-electron chi connectivity index (χ3n) is 1.51. The zero-order valence-corrected chi connectivity index (χ0v) is 8.31. The first kappa shape index (κ1) is 11.0. The molecule has 0 radical (unpaired) electrons. The van der Waals surface area contributed by atoms with Crippen molar-refractivity contribution in [1.82, 2.24) is 0 Å². The predicted molar refractivity (Wildman–Crippen MR) is 50.8 cm³/mol. The van der Waals surface area contributed by atoms with Gasteiger partial charge in [0, 0.05) is 5.56 Å². The van der Waals surface area contributed by atoms with Gasteiger partial charge in [-0.3, -0.25) is 4.79 Å². The number of carbonyl (C=O) groups excluding carboxylic acids is 1. The maximum Gasteiger partial charge on any atom is 0.265 e. The molecule has 0 aromatic heterocycles. The summed E-state index contributed by atoms with van der Waals surface area (Å²) in [5, 5.41) is 8.47. The van der Waals surface area contributed by atoms with Gasteiger partial charge in [-0.2, -0.15) is 5.26 Å². The lowest BCUT2D eigenvalue weighted by atomic mass is 10.1. The number of rotatable bonds is 2. The Morgan fingerprint density at radius 3 is 2.64 bits per heavy atom. The Labute approximate surface area is 89.9 Å². The molecule has 0 N–H and O–H groups in total. The van der Waals surface area contributed by atoms with E-state index in [1.165, 1.54) is 24.3 Å². The first-order chi connectivity index (χ1) is 6.47. The van der Waals surface area contributed by atoms with Crippen LogP contribution in [0.4, 0.5) is 4.39 Å². The highest BCUT2D eigenvalue weighted by Gasteiger charge is 2.34. The highest BCUT2D eigenvalue weighted by Crippen LogP contribution is 2.25. The number of carbonyl (C=O) groups is 1. The van der Waals surface area contributed by atoms with E-state index >= 15 is 0 Å². The lowest BCUT2D eigenvalue weighted by Gasteiger charge is -2.08. The second-order valence-corrected chi connectivity index (χ2v) is 3.85. The molecule has 0 bridgehead atoms. The van der Waals surface area contributed by atoms with Crippen LogP contribution in [0.15, 0.2) is 24.3 Å². The van der Waals surface area contributed by atoms with E-state index in [4.69, 9.17) is 28.5 Å². The van der Waals surface area contributed by atoms with E-state index < -0.39 is 15.9 Å². The van der Waals surface area contributed by atoms with Gasteiger partial charge in [0.25, 0.3) is 4.33 Å². The summed E-state index contributed by atoms with van der Waals surface area (Å²) in [5.41, 5.74) is -0.0310. The molecule has 0 saturated heterocycles. The van der Waals surface area contributed by atoms with Crippen molar-refractivity contribution in [2.75, 3.05) is 0 Å². The van der Waals surface area contributed by atoms with E-state index in [9.17, 15) is 9.18 Å². The number of halogens is 3. The third kappa shape index (κ3) is 2.22. The van der Waals surface area contributed by atoms with E-state index in [0.29, 0.717) is 0 Å². The van der Waals surface area contributed by atoms with Crippen molar-refractivity contribution < 1.29 is 9.18 Å². The fraction of sp³-hybridized carbons (Fsp3) is 0.111. The van der Waals surface area contributed by atoms with Gasteiger partial charge in [-0.15, -0.1) is 0 Å². The fourth-order valence-electron chi connectivity index (χ4n) is 0.862. The molecule has 1 rings (SSSR count). The Morgan fingerprint density at radius 1 is 1.50 bits per heavy atom. The molecular weight excluding hydrogens is 228 g/mol. The molecule has 5 heteroatoms. The van der Waals surface area contributed by atoms with Crippen LogP contribution in [0.2, 0.25) is 0 Å². The third-order valence-corrected chi connectivity index (χ3v) is 2.02. The largest absolute Gasteiger partial charge is 0.290 e. The van der Waals surface area contributed by atoms with Crippen LogP contribution in [0.1, 0.15) is 10.4 Å². The minimum absolute atomic E-state index is 0.0310. The van der Waals surface area contributed by atoms with Crippen molar-refractivity contribution in [3.63, 3.8) is 0 Å². The SMILES string of the molecule is N#CC(Cl)(Cl)C(=O)c1cccc(F)c1. The van der Waals surface area contributed by atoms with Gasteiger partial charge < -0.3 is 0 Å². The van der Waals surface area contributed by atoms with E-state index in [2.05, 4.69) is 0 Å². The Hall–Kier alpha value is -1.11. The van der Waals surface area contributed by atoms with Crippen LogP contribution in [-0.4, -0.2) is 10.1 Å². The Kier molecular flexibility index (Phi) is 3.10. The van der Waals surface area contributed by atoms with Gasteiger partial charge in [0.05, 0.1) is 0 Å². The predicted octanol–water partition coefficient (Wildman–Crippen LogP) is 2.71. The maximum atomic E-state index is 12.7. The molecule has 0 spiro atoms. The zero-order valence-electron chi connectivity index (χ0n) is 6.80. The standard InChI is InChI=1S/C9H4Cl2FNO/c10-9(11,5-13)8(14)6-2-1-3-7(12)4-6/h1-4H. The molecule has 1 aromatic carbocycles. The van der Waals surface area contributed by atoms with Crippen LogP contribution in [0, 0.1) is 17.1 Å². The van der Waals surface area contributed by atoms with Crippen molar-refractivity contribution in [2.24, 2.45) is 0 Å². The number of hydrogen-bond acceptors (Lipinski definition) is 2. The van der Waals surface area contributed by atoms with Crippen LogP contribution in [0.5, 0.6) is 0 Å². The van der Waals surface area contributed by atoms with E-state index in [1.54, 1.807) is 0 Å². The van der Waals surface area contributed by atoms with Crippen molar-refractivity contribution in [2.45, 2.75) is 4.33 Å². The van der Waals surface area contributed by atoms with Crippen molar-refractivity contribution in [3.05, 3.63) is 35.6 Å². The maximum absolute atomic E-state index is 12.7. The van der Waals surface area contributed by atoms with Crippen LogP contribution in [-0.2, 0) is 0 Å². The number of Topliss-reactive ketones (excluding diaryl/α,β-unsaturated/α-hetero) is 1. The summed E-state index contributed by atoms with van der Waals surface area (Å²) in [6.45, 7) is 0. The van der Waals surface area contributed by atoms with Gasteiger partial charge >= 0.3 is 0 Å². The van der Waals surface area contributed by atoms with Gasteiger partial charge in [-0.1, -0.05) is 35.3 Å². The molecule has 0 heterocycles. The molecule has 0 aliphatic rings. The summed E-state index contributed by atoms with van der Waals surface area (Å²) < 4.78 is 10.5. The molecule has 0 aliphatic heterocycles. The fourth-order valence-corrected chi connectivity index (χ4v) is 1.08. The van der Waals surface area contributed by atoms with Crippen LogP contribution in [0.3, 0.4) is 0 Å². The summed E-state index contributed by atoms with van der Waals surface area (Å²) in [7, 11) is 0. The van der Waals surface area contributed by atoms with Gasteiger partial charge in [0.1, 0.15) is 11.9 Å². The summed E-state index contributed by atoms with van der Waals surface area (Å²) in [6, 6.07) is 6.24. The highest BCUT2D eigenvalue weighted by molar-refractivity contribution is 6.62. The molecular formula is C9H4Cl2FNO. The van der Waals surface area contributed by atoms with Crippen LogP contribution >= 0.6 is 23.2 Å². The van der Waals surface area contributed by atoms with Crippen molar-refractivity contribution in [3.8, 4) is 6.07 Å². The van der Waals surface area contributed by atoms with Crippen LogP contribution in [0.25, 0.3) is 0 Å². The smallest absolute Gasteiger partial charge is 0.265 e. The molecule has 0 fully saturated rings. The van der Waals surface area contributed by atoms with E-state index in [1.807, 2.05) is 0 Å². The summed E-state index contributed by atoms with van der Waals surface area (Å²) in [5.74, 6) is -1.42. The van der Waals surface area contributed by atoms with Gasteiger partial charge in [0.2, 0.25) is 5.78 Å². The lowest BCUT2D eigenvalue weighted by molar-refractivity contribution is 0.0989. The Morgan fingerprint density at radius 2 is 2.14 bits per heavy atom. The lowest BCUT2D eigenvalue weighted by Crippen LogP contribution is -2.23. The number of alkyl halides is 2. The van der Waals surface area contributed by atoms with E-state index in [0.717, 1.165) is 6.07 Å². The van der Waals surface area contributed by atoms with Crippen molar-refractivity contribution >= 4 is 29.0 Å².